The van der Waals surface area contributed by atoms with Crippen LogP contribution in [0.15, 0.2) is 24.3 Å². The number of hydrogen-bond acceptors (Lipinski definition) is 4. The van der Waals surface area contributed by atoms with Crippen molar-refractivity contribution in [1.82, 2.24) is 4.90 Å². The third-order valence-electron chi connectivity index (χ3n) is 3.59. The summed E-state index contributed by atoms with van der Waals surface area (Å²) in [6.07, 6.45) is 1.86. The molecule has 5 nitrogen and oxygen atoms in total. The van der Waals surface area contributed by atoms with Crippen LogP contribution in [0.2, 0.25) is 5.02 Å². The summed E-state index contributed by atoms with van der Waals surface area (Å²) in [5.74, 6) is -0.836. The third-order valence-corrected chi connectivity index (χ3v) is 3.84. The Morgan fingerprint density at radius 3 is 2.52 bits per heavy atom. The highest BCUT2D eigenvalue weighted by Gasteiger charge is 2.20. The number of halogens is 1. The van der Waals surface area contributed by atoms with E-state index in [9.17, 15) is 9.59 Å². The van der Waals surface area contributed by atoms with Crippen molar-refractivity contribution in [1.29, 1.82) is 0 Å². The van der Waals surface area contributed by atoms with Crippen molar-refractivity contribution in [2.75, 3.05) is 26.8 Å². The monoisotopic (exact) mass is 341 g/mol. The Morgan fingerprint density at radius 1 is 1.30 bits per heavy atom. The van der Waals surface area contributed by atoms with Gasteiger partial charge in [-0.3, -0.25) is 9.59 Å². The molecule has 0 saturated carbocycles. The Hall–Kier alpha value is -1.59. The minimum atomic E-state index is -0.410. The first kappa shape index (κ1) is 19.5. The van der Waals surface area contributed by atoms with Crippen LogP contribution in [0, 0.1) is 5.92 Å². The fraction of sp³-hybridized carbons (Fsp3) is 0.529. The molecule has 23 heavy (non-hydrogen) atoms. The third kappa shape index (κ3) is 7.01. The first-order valence-corrected chi connectivity index (χ1v) is 8.06. The van der Waals surface area contributed by atoms with Gasteiger partial charge in [0, 0.05) is 24.5 Å². The van der Waals surface area contributed by atoms with Crippen molar-refractivity contribution in [3.63, 3.8) is 0 Å². The molecule has 1 N–H and O–H groups in total. The first-order valence-electron chi connectivity index (χ1n) is 7.68. The van der Waals surface area contributed by atoms with E-state index < -0.39 is 5.92 Å². The fourth-order valence-electron chi connectivity index (χ4n) is 2.30. The molecule has 6 heteroatoms. The normalized spacial score (nSPS) is 11.8. The zero-order chi connectivity index (χ0) is 17.2. The van der Waals surface area contributed by atoms with Gasteiger partial charge in [-0.1, -0.05) is 30.7 Å². The molecule has 1 unspecified atom stereocenters. The average molecular weight is 342 g/mol. The minimum absolute atomic E-state index is 0.0660. The number of aryl methyl sites for hydroxylation is 1. The van der Waals surface area contributed by atoms with E-state index in [4.69, 9.17) is 16.7 Å². The maximum atomic E-state index is 12.3. The summed E-state index contributed by atoms with van der Waals surface area (Å²) < 4.78 is 4.67. The number of methoxy groups -OCH3 is 1. The quantitative estimate of drug-likeness (QED) is 0.700. The second-order valence-corrected chi connectivity index (χ2v) is 5.90. The zero-order valence-electron chi connectivity index (χ0n) is 13.6. The molecule has 0 radical (unpaired) electrons. The smallest absolute Gasteiger partial charge is 0.310 e. The molecule has 0 aliphatic carbocycles. The lowest BCUT2D eigenvalue weighted by Crippen LogP contribution is -2.39. The van der Waals surface area contributed by atoms with Gasteiger partial charge in [-0.25, -0.2) is 0 Å². The lowest BCUT2D eigenvalue weighted by molar-refractivity contribution is -0.146. The van der Waals surface area contributed by atoms with E-state index in [2.05, 4.69) is 4.74 Å². The number of nitrogens with zero attached hydrogens (tertiary/aromatic N) is 1. The highest BCUT2D eigenvalue weighted by atomic mass is 35.5. The number of aliphatic hydroxyl groups is 1. The zero-order valence-corrected chi connectivity index (χ0v) is 14.4. The van der Waals surface area contributed by atoms with Crippen LogP contribution in [0.1, 0.15) is 25.3 Å². The van der Waals surface area contributed by atoms with Crippen molar-refractivity contribution >= 4 is 23.5 Å². The second-order valence-electron chi connectivity index (χ2n) is 5.47. The van der Waals surface area contributed by atoms with Gasteiger partial charge in [0.05, 0.1) is 19.6 Å². The molecule has 1 atom stereocenters. The maximum absolute atomic E-state index is 12.3. The number of aliphatic hydroxyl groups excluding tert-OH is 1. The number of carbonyl (C=O) groups excluding carboxylic acids is 2. The molecular formula is C17H24ClNO4. The minimum Gasteiger partial charge on any atom is -0.469 e. The lowest BCUT2D eigenvalue weighted by atomic mass is 10.1. The Labute approximate surface area is 142 Å². The van der Waals surface area contributed by atoms with E-state index in [-0.39, 0.29) is 31.6 Å². The molecule has 0 aliphatic rings. The van der Waals surface area contributed by atoms with Gasteiger partial charge in [0.25, 0.3) is 0 Å². The van der Waals surface area contributed by atoms with Gasteiger partial charge in [0.2, 0.25) is 5.91 Å². The van der Waals surface area contributed by atoms with Crippen molar-refractivity contribution in [2.45, 2.75) is 26.2 Å². The van der Waals surface area contributed by atoms with Crippen molar-refractivity contribution in [3.8, 4) is 0 Å². The number of amides is 1. The number of ether oxygens (including phenoxy) is 1. The Morgan fingerprint density at radius 2 is 1.96 bits per heavy atom. The van der Waals surface area contributed by atoms with E-state index in [1.165, 1.54) is 12.0 Å². The number of hydrogen-bond donors (Lipinski definition) is 1. The summed E-state index contributed by atoms with van der Waals surface area (Å²) >= 11 is 5.84. The second kappa shape index (κ2) is 10.2. The summed E-state index contributed by atoms with van der Waals surface area (Å²) in [6.45, 7) is 2.06. The van der Waals surface area contributed by atoms with Gasteiger partial charge in [0.15, 0.2) is 0 Å². The van der Waals surface area contributed by atoms with E-state index in [1.54, 1.807) is 6.92 Å². The van der Waals surface area contributed by atoms with E-state index >= 15 is 0 Å². The molecule has 0 aromatic heterocycles. The maximum Gasteiger partial charge on any atom is 0.310 e. The molecule has 0 saturated heterocycles. The molecule has 0 bridgehead atoms. The van der Waals surface area contributed by atoms with Crippen LogP contribution in [0.3, 0.4) is 0 Å². The Kier molecular flexibility index (Phi) is 8.66. The number of esters is 1. The Balaban J connectivity index is 2.47. The van der Waals surface area contributed by atoms with Crippen LogP contribution in [-0.4, -0.2) is 48.7 Å². The number of benzene rings is 1. The summed E-state index contributed by atoms with van der Waals surface area (Å²) in [5.41, 5.74) is 1.12. The van der Waals surface area contributed by atoms with Crippen molar-refractivity contribution in [2.24, 2.45) is 5.92 Å². The largest absolute Gasteiger partial charge is 0.469 e. The van der Waals surface area contributed by atoms with E-state index in [1.807, 2.05) is 24.3 Å². The van der Waals surface area contributed by atoms with E-state index in [0.29, 0.717) is 17.9 Å². The van der Waals surface area contributed by atoms with Crippen LogP contribution in [-0.2, 0) is 20.7 Å². The average Bonchev–Trinajstić information content (AvgIpc) is 2.55. The summed E-state index contributed by atoms with van der Waals surface area (Å²) in [7, 11) is 1.32. The van der Waals surface area contributed by atoms with Gasteiger partial charge in [-0.2, -0.15) is 0 Å². The number of carbonyl (C=O) groups is 2. The van der Waals surface area contributed by atoms with Gasteiger partial charge in [-0.05, 0) is 30.5 Å². The SMILES string of the molecule is COC(=O)C(C)CN(CCO)C(=O)CCCc1ccc(Cl)cc1. The van der Waals surface area contributed by atoms with Gasteiger partial charge >= 0.3 is 5.97 Å². The summed E-state index contributed by atoms with van der Waals surface area (Å²) in [5, 5.41) is 9.79. The standard InChI is InChI=1S/C17H24ClNO4/c1-13(17(22)23-2)12-19(10-11-20)16(21)5-3-4-14-6-8-15(18)9-7-14/h6-9,13,20H,3-5,10-12H2,1-2H3. The van der Waals surface area contributed by atoms with Gasteiger partial charge in [0.1, 0.15) is 0 Å². The Bertz CT molecular complexity index is 504. The highest BCUT2D eigenvalue weighted by Crippen LogP contribution is 2.12. The first-order chi connectivity index (χ1) is 11.0. The van der Waals surface area contributed by atoms with Crippen molar-refractivity contribution < 1.29 is 19.4 Å². The summed E-state index contributed by atoms with van der Waals surface area (Å²) in [6, 6.07) is 7.54. The van der Waals surface area contributed by atoms with Crippen LogP contribution >= 0.6 is 11.6 Å². The van der Waals surface area contributed by atoms with Crippen LogP contribution in [0.25, 0.3) is 0 Å². The van der Waals surface area contributed by atoms with Crippen molar-refractivity contribution in [3.05, 3.63) is 34.9 Å². The van der Waals surface area contributed by atoms with Gasteiger partial charge < -0.3 is 14.7 Å². The molecular weight excluding hydrogens is 318 g/mol. The number of rotatable bonds is 9. The molecule has 128 valence electrons. The van der Waals surface area contributed by atoms with Crippen LogP contribution in [0.5, 0.6) is 0 Å². The molecule has 0 spiro atoms. The fourth-order valence-corrected chi connectivity index (χ4v) is 2.42. The van der Waals surface area contributed by atoms with Crippen LogP contribution < -0.4 is 0 Å². The lowest BCUT2D eigenvalue weighted by Gasteiger charge is -2.24. The summed E-state index contributed by atoms with van der Waals surface area (Å²) in [4.78, 5) is 25.3. The van der Waals surface area contributed by atoms with Gasteiger partial charge in [-0.15, -0.1) is 0 Å². The van der Waals surface area contributed by atoms with Crippen LogP contribution in [0.4, 0.5) is 0 Å². The molecule has 0 fully saturated rings. The molecule has 1 amide bonds. The molecule has 1 aromatic rings. The predicted molar refractivity (Wildman–Crippen MR) is 89.2 cm³/mol. The molecule has 1 aromatic carbocycles. The molecule has 0 aliphatic heterocycles. The molecule has 0 heterocycles. The topological polar surface area (TPSA) is 66.8 Å². The highest BCUT2D eigenvalue weighted by molar-refractivity contribution is 6.30. The predicted octanol–water partition coefficient (Wildman–Crippen LogP) is 2.29. The van der Waals surface area contributed by atoms with E-state index in [0.717, 1.165) is 12.0 Å². The molecule has 1 rings (SSSR count).